The number of fused-ring (bicyclic) bond motifs is 1. The van der Waals surface area contributed by atoms with Gasteiger partial charge in [0.2, 0.25) is 5.13 Å². The van der Waals surface area contributed by atoms with Crippen LogP contribution in [0, 0.1) is 6.92 Å². The van der Waals surface area contributed by atoms with Crippen LogP contribution < -0.4 is 10.0 Å². The largest absolute Gasteiger partial charge is 0.296 e. The zero-order valence-corrected chi connectivity index (χ0v) is 16.9. The van der Waals surface area contributed by atoms with E-state index in [1.807, 2.05) is 49.4 Å². The maximum atomic E-state index is 12.6. The molecule has 0 aliphatic heterocycles. The SMILES string of the molecule is Cc1ccc(C(=O)Nc2nnc(S(=O)(=O)Nc3ccc4ccccc4c3)s2)cc1. The van der Waals surface area contributed by atoms with Crippen molar-refractivity contribution in [3.63, 3.8) is 0 Å². The lowest BCUT2D eigenvalue weighted by Crippen LogP contribution is -2.12. The van der Waals surface area contributed by atoms with Gasteiger partial charge in [-0.05, 0) is 42.0 Å². The van der Waals surface area contributed by atoms with E-state index in [4.69, 9.17) is 0 Å². The van der Waals surface area contributed by atoms with E-state index in [9.17, 15) is 13.2 Å². The van der Waals surface area contributed by atoms with Crippen molar-refractivity contribution in [3.8, 4) is 0 Å². The van der Waals surface area contributed by atoms with E-state index >= 15 is 0 Å². The topological polar surface area (TPSA) is 101 Å². The fourth-order valence-corrected chi connectivity index (χ4v) is 4.64. The molecule has 0 fully saturated rings. The van der Waals surface area contributed by atoms with Crippen molar-refractivity contribution >= 4 is 48.9 Å². The van der Waals surface area contributed by atoms with Crippen molar-refractivity contribution in [3.05, 3.63) is 77.9 Å². The number of hydrogen-bond donors (Lipinski definition) is 2. The Bertz CT molecular complexity index is 1300. The van der Waals surface area contributed by atoms with Crippen molar-refractivity contribution in [1.82, 2.24) is 10.2 Å². The molecule has 1 heterocycles. The Labute approximate surface area is 171 Å². The summed E-state index contributed by atoms with van der Waals surface area (Å²) in [7, 11) is -3.92. The minimum atomic E-state index is -3.92. The number of carbonyl (C=O) groups is 1. The highest BCUT2D eigenvalue weighted by molar-refractivity contribution is 7.94. The molecule has 4 aromatic rings. The molecule has 0 atom stereocenters. The van der Waals surface area contributed by atoms with Gasteiger partial charge < -0.3 is 0 Å². The Morgan fingerprint density at radius 3 is 2.41 bits per heavy atom. The first-order valence-electron chi connectivity index (χ1n) is 8.64. The fraction of sp³-hybridized carbons (Fsp3) is 0.0500. The van der Waals surface area contributed by atoms with Gasteiger partial charge in [-0.1, -0.05) is 59.4 Å². The average Bonchev–Trinajstić information content (AvgIpc) is 3.17. The Morgan fingerprint density at radius 2 is 1.66 bits per heavy atom. The second kappa shape index (κ2) is 7.61. The van der Waals surface area contributed by atoms with Crippen molar-refractivity contribution in [2.24, 2.45) is 0 Å². The Balaban J connectivity index is 1.51. The molecule has 0 radical (unpaired) electrons. The van der Waals surface area contributed by atoms with Gasteiger partial charge in [-0.3, -0.25) is 14.8 Å². The van der Waals surface area contributed by atoms with E-state index < -0.39 is 10.0 Å². The lowest BCUT2D eigenvalue weighted by Gasteiger charge is -2.06. The maximum Gasteiger partial charge on any atom is 0.291 e. The number of aryl methyl sites for hydroxylation is 1. The molecule has 9 heteroatoms. The van der Waals surface area contributed by atoms with E-state index in [0.717, 1.165) is 27.7 Å². The molecule has 0 aliphatic carbocycles. The zero-order valence-electron chi connectivity index (χ0n) is 15.3. The molecule has 4 rings (SSSR count). The number of anilines is 2. The molecule has 1 aromatic heterocycles. The Hall–Kier alpha value is -3.30. The van der Waals surface area contributed by atoms with Crippen molar-refractivity contribution < 1.29 is 13.2 Å². The van der Waals surface area contributed by atoms with Gasteiger partial charge >= 0.3 is 0 Å². The fourth-order valence-electron chi connectivity index (χ4n) is 2.69. The van der Waals surface area contributed by atoms with Crippen LogP contribution in [-0.4, -0.2) is 24.5 Å². The van der Waals surface area contributed by atoms with E-state index in [0.29, 0.717) is 11.3 Å². The molecule has 0 saturated carbocycles. The Morgan fingerprint density at radius 1 is 0.931 bits per heavy atom. The van der Waals surface area contributed by atoms with Gasteiger partial charge in [0, 0.05) is 11.3 Å². The molecule has 3 aromatic carbocycles. The summed E-state index contributed by atoms with van der Waals surface area (Å²) < 4.78 is 27.5. The van der Waals surface area contributed by atoms with Crippen LogP contribution in [0.4, 0.5) is 10.8 Å². The van der Waals surface area contributed by atoms with Gasteiger partial charge in [0.1, 0.15) is 0 Å². The van der Waals surface area contributed by atoms with Gasteiger partial charge in [0.15, 0.2) is 0 Å². The van der Waals surface area contributed by atoms with E-state index in [1.54, 1.807) is 24.3 Å². The van der Waals surface area contributed by atoms with Crippen molar-refractivity contribution in [2.45, 2.75) is 11.3 Å². The number of sulfonamides is 1. The first-order chi connectivity index (χ1) is 13.9. The molecule has 1 amide bonds. The molecule has 0 spiro atoms. The number of nitrogens with one attached hydrogen (secondary N) is 2. The van der Waals surface area contributed by atoms with Crippen molar-refractivity contribution in [1.29, 1.82) is 0 Å². The molecule has 0 saturated heterocycles. The van der Waals surface area contributed by atoms with Crippen LogP contribution in [0.2, 0.25) is 0 Å². The van der Waals surface area contributed by atoms with Crippen LogP contribution >= 0.6 is 11.3 Å². The van der Waals surface area contributed by atoms with E-state index in [2.05, 4.69) is 20.2 Å². The Kier molecular flexibility index (Phi) is 4.99. The average molecular weight is 425 g/mol. The first kappa shape index (κ1) is 19.0. The number of benzene rings is 3. The summed E-state index contributed by atoms with van der Waals surface area (Å²) in [6.45, 7) is 1.92. The molecule has 2 N–H and O–H groups in total. The minimum absolute atomic E-state index is 0.106. The second-order valence-electron chi connectivity index (χ2n) is 6.36. The van der Waals surface area contributed by atoms with Gasteiger partial charge in [-0.25, -0.2) is 0 Å². The van der Waals surface area contributed by atoms with Crippen LogP contribution in [0.5, 0.6) is 0 Å². The number of nitrogens with zero attached hydrogens (tertiary/aromatic N) is 2. The van der Waals surface area contributed by atoms with E-state index in [1.165, 1.54) is 0 Å². The molecular weight excluding hydrogens is 408 g/mol. The summed E-state index contributed by atoms with van der Waals surface area (Å²) in [6.07, 6.45) is 0. The van der Waals surface area contributed by atoms with Crippen LogP contribution in [0.25, 0.3) is 10.8 Å². The van der Waals surface area contributed by atoms with Crippen molar-refractivity contribution in [2.75, 3.05) is 10.0 Å². The molecular formula is C20H16N4O3S2. The lowest BCUT2D eigenvalue weighted by atomic mass is 10.1. The number of amides is 1. The third kappa shape index (κ3) is 4.25. The molecule has 0 unspecified atom stereocenters. The number of hydrogen-bond acceptors (Lipinski definition) is 6. The summed E-state index contributed by atoms with van der Waals surface area (Å²) in [6, 6.07) is 19.9. The normalized spacial score (nSPS) is 11.3. The predicted molar refractivity (Wildman–Crippen MR) is 114 cm³/mol. The van der Waals surface area contributed by atoms with Crippen LogP contribution in [-0.2, 0) is 10.0 Å². The number of carbonyl (C=O) groups excluding carboxylic acids is 1. The summed E-state index contributed by atoms with van der Waals surface area (Å²) in [5.74, 6) is -0.382. The van der Waals surface area contributed by atoms with Gasteiger partial charge in [0.25, 0.3) is 20.3 Å². The van der Waals surface area contributed by atoms with Gasteiger partial charge in [0.05, 0.1) is 0 Å². The summed E-state index contributed by atoms with van der Waals surface area (Å²) >= 11 is 0.784. The van der Waals surface area contributed by atoms with Gasteiger partial charge in [-0.2, -0.15) is 8.42 Å². The first-order valence-corrected chi connectivity index (χ1v) is 10.9. The third-order valence-electron chi connectivity index (χ3n) is 4.17. The van der Waals surface area contributed by atoms with Crippen LogP contribution in [0.3, 0.4) is 0 Å². The lowest BCUT2D eigenvalue weighted by molar-refractivity contribution is 0.102. The molecule has 7 nitrogen and oxygen atoms in total. The second-order valence-corrected chi connectivity index (χ2v) is 9.19. The monoisotopic (exact) mass is 424 g/mol. The zero-order chi connectivity index (χ0) is 20.4. The highest BCUT2D eigenvalue weighted by atomic mass is 32.2. The summed E-state index contributed by atoms with van der Waals surface area (Å²) in [5, 5.41) is 12.1. The standard InChI is InChI=1S/C20H16N4O3S2/c1-13-6-8-15(9-7-13)18(25)21-19-22-23-20(28-19)29(26,27)24-17-11-10-14-4-2-3-5-16(14)12-17/h2-12,24H,1H3,(H,21,22,25). The molecule has 0 aliphatic rings. The summed E-state index contributed by atoms with van der Waals surface area (Å²) in [5.41, 5.74) is 1.90. The summed E-state index contributed by atoms with van der Waals surface area (Å²) in [4.78, 5) is 12.3. The third-order valence-corrected chi connectivity index (χ3v) is 6.76. The molecule has 29 heavy (non-hydrogen) atoms. The predicted octanol–water partition coefficient (Wildman–Crippen LogP) is 4.05. The van der Waals surface area contributed by atoms with Crippen LogP contribution in [0.1, 0.15) is 15.9 Å². The van der Waals surface area contributed by atoms with E-state index in [-0.39, 0.29) is 15.4 Å². The molecule has 0 bridgehead atoms. The maximum absolute atomic E-state index is 12.6. The number of aromatic nitrogens is 2. The highest BCUT2D eigenvalue weighted by Gasteiger charge is 2.21. The van der Waals surface area contributed by atoms with Gasteiger partial charge in [-0.15, -0.1) is 10.2 Å². The number of rotatable bonds is 5. The minimum Gasteiger partial charge on any atom is -0.296 e. The highest BCUT2D eigenvalue weighted by Crippen LogP contribution is 2.25. The smallest absolute Gasteiger partial charge is 0.291 e. The quantitative estimate of drug-likeness (QED) is 0.471. The molecule has 146 valence electrons. The van der Waals surface area contributed by atoms with Crippen LogP contribution in [0.15, 0.2) is 71.1 Å².